The van der Waals surface area contributed by atoms with Crippen LogP contribution in [-0.4, -0.2) is 10.4 Å². The van der Waals surface area contributed by atoms with E-state index in [9.17, 15) is 9.18 Å². The highest BCUT2D eigenvalue weighted by Crippen LogP contribution is 2.29. The van der Waals surface area contributed by atoms with Crippen LogP contribution in [0.15, 0.2) is 24.3 Å². The lowest BCUT2D eigenvalue weighted by Crippen LogP contribution is -2.13. The number of benzene rings is 1. The Hall–Kier alpha value is -2.41. The molecule has 0 bridgehead atoms. The van der Waals surface area contributed by atoms with Crippen molar-refractivity contribution >= 4 is 5.78 Å². The molecule has 3 nitrogen and oxygen atoms in total. The van der Waals surface area contributed by atoms with E-state index in [2.05, 4.69) is 0 Å². The van der Waals surface area contributed by atoms with Crippen LogP contribution in [0, 0.1) is 24.1 Å². The fourth-order valence-electron chi connectivity index (χ4n) is 2.82. The van der Waals surface area contributed by atoms with E-state index in [1.807, 2.05) is 19.1 Å². The van der Waals surface area contributed by atoms with E-state index in [1.165, 1.54) is 6.07 Å². The Bertz CT molecular complexity index is 753. The number of halogens is 1. The minimum Gasteiger partial charge on any atom is -0.315 e. The summed E-state index contributed by atoms with van der Waals surface area (Å²) >= 11 is 0. The second-order valence-electron chi connectivity index (χ2n) is 5.04. The number of nitrogens with zero attached hydrogens (tertiary/aromatic N) is 2. The number of fused-ring (bicyclic) bond motifs is 1. The maximum Gasteiger partial charge on any atom is 0.164 e. The first-order valence-corrected chi connectivity index (χ1v) is 6.56. The molecule has 1 aliphatic rings. The van der Waals surface area contributed by atoms with Crippen molar-refractivity contribution in [1.29, 1.82) is 5.26 Å². The molecule has 0 N–H and O–H groups in total. The molecule has 0 radical (unpaired) electrons. The number of hydrogen-bond donors (Lipinski definition) is 0. The molecule has 0 amide bonds. The van der Waals surface area contributed by atoms with Gasteiger partial charge in [-0.2, -0.15) is 5.26 Å². The van der Waals surface area contributed by atoms with E-state index >= 15 is 0 Å². The Labute approximate surface area is 116 Å². The summed E-state index contributed by atoms with van der Waals surface area (Å²) in [6.07, 6.45) is 2.13. The first-order chi connectivity index (χ1) is 9.61. The van der Waals surface area contributed by atoms with Gasteiger partial charge in [0.05, 0.1) is 17.3 Å². The van der Waals surface area contributed by atoms with Crippen molar-refractivity contribution in [3.63, 3.8) is 0 Å². The largest absolute Gasteiger partial charge is 0.315 e. The summed E-state index contributed by atoms with van der Waals surface area (Å²) in [5.74, 6) is -0.314. The Morgan fingerprint density at radius 2 is 2.10 bits per heavy atom. The molecule has 4 heteroatoms. The Balaban J connectivity index is 2.21. The minimum atomic E-state index is -0.441. The summed E-state index contributed by atoms with van der Waals surface area (Å²) in [4.78, 5) is 11.9. The SMILES string of the molecule is Cc1cc2c(n1-c1ccc(C#N)cc1F)CCCC2=O. The molecule has 0 aliphatic heterocycles. The number of rotatable bonds is 1. The highest BCUT2D eigenvalue weighted by atomic mass is 19.1. The molecule has 1 heterocycles. The van der Waals surface area contributed by atoms with Crippen LogP contribution in [0.25, 0.3) is 5.69 Å². The molecule has 2 aromatic rings. The minimum absolute atomic E-state index is 0.127. The van der Waals surface area contributed by atoms with Crippen LogP contribution in [0.2, 0.25) is 0 Å². The van der Waals surface area contributed by atoms with Gasteiger partial charge in [-0.3, -0.25) is 4.79 Å². The highest BCUT2D eigenvalue weighted by molar-refractivity contribution is 5.98. The molecule has 0 unspecified atom stereocenters. The molecule has 0 spiro atoms. The lowest BCUT2D eigenvalue weighted by Gasteiger charge is -2.16. The summed E-state index contributed by atoms with van der Waals surface area (Å²) in [5, 5.41) is 8.80. The van der Waals surface area contributed by atoms with Crippen molar-refractivity contribution in [3.8, 4) is 11.8 Å². The van der Waals surface area contributed by atoms with E-state index in [0.29, 0.717) is 23.2 Å². The maximum absolute atomic E-state index is 14.2. The fraction of sp³-hybridized carbons (Fsp3) is 0.250. The summed E-state index contributed by atoms with van der Waals surface area (Å²) in [6, 6.07) is 8.17. The predicted octanol–water partition coefficient (Wildman–Crippen LogP) is 3.32. The molecule has 100 valence electrons. The fourth-order valence-corrected chi connectivity index (χ4v) is 2.82. The monoisotopic (exact) mass is 268 g/mol. The van der Waals surface area contributed by atoms with Gasteiger partial charge in [-0.15, -0.1) is 0 Å². The molecule has 1 aliphatic carbocycles. The number of ketones is 1. The third-order valence-corrected chi connectivity index (χ3v) is 3.72. The predicted molar refractivity (Wildman–Crippen MR) is 72.4 cm³/mol. The first-order valence-electron chi connectivity index (χ1n) is 6.56. The van der Waals surface area contributed by atoms with Crippen molar-refractivity contribution in [1.82, 2.24) is 4.57 Å². The first kappa shape index (κ1) is 12.6. The van der Waals surface area contributed by atoms with E-state index < -0.39 is 5.82 Å². The van der Waals surface area contributed by atoms with Gasteiger partial charge in [0.25, 0.3) is 0 Å². The number of aromatic nitrogens is 1. The number of carbonyl (C=O) groups is 1. The highest BCUT2D eigenvalue weighted by Gasteiger charge is 2.24. The van der Waals surface area contributed by atoms with Crippen LogP contribution in [0.5, 0.6) is 0 Å². The zero-order chi connectivity index (χ0) is 14.3. The van der Waals surface area contributed by atoms with Gasteiger partial charge < -0.3 is 4.57 Å². The maximum atomic E-state index is 14.2. The zero-order valence-electron chi connectivity index (χ0n) is 11.1. The summed E-state index contributed by atoms with van der Waals surface area (Å²) in [6.45, 7) is 1.86. The Morgan fingerprint density at radius 3 is 2.80 bits per heavy atom. The average Bonchev–Trinajstić information content (AvgIpc) is 2.77. The van der Waals surface area contributed by atoms with Crippen molar-refractivity contribution < 1.29 is 9.18 Å². The van der Waals surface area contributed by atoms with Crippen molar-refractivity contribution in [2.45, 2.75) is 26.2 Å². The smallest absolute Gasteiger partial charge is 0.164 e. The van der Waals surface area contributed by atoms with Gasteiger partial charge in [-0.05, 0) is 44.0 Å². The number of nitriles is 1. The molecular formula is C16H13FN2O. The van der Waals surface area contributed by atoms with Crippen LogP contribution in [0.1, 0.15) is 40.2 Å². The van der Waals surface area contributed by atoms with Crippen molar-refractivity contribution in [2.75, 3.05) is 0 Å². The summed E-state index contributed by atoms with van der Waals surface area (Å²) < 4.78 is 16.0. The van der Waals surface area contributed by atoms with Gasteiger partial charge in [0, 0.05) is 23.4 Å². The second kappa shape index (κ2) is 4.61. The molecule has 1 aromatic carbocycles. The quantitative estimate of drug-likeness (QED) is 0.796. The summed E-state index contributed by atoms with van der Waals surface area (Å²) in [5.41, 5.74) is 3.12. The molecule has 0 fully saturated rings. The topological polar surface area (TPSA) is 45.8 Å². The van der Waals surface area contributed by atoms with Crippen LogP contribution in [0.3, 0.4) is 0 Å². The van der Waals surface area contributed by atoms with Crippen LogP contribution >= 0.6 is 0 Å². The van der Waals surface area contributed by atoms with E-state index in [4.69, 9.17) is 5.26 Å². The van der Waals surface area contributed by atoms with E-state index in [-0.39, 0.29) is 5.78 Å². The van der Waals surface area contributed by atoms with E-state index in [0.717, 1.165) is 24.2 Å². The molecule has 0 saturated carbocycles. The molecule has 0 saturated heterocycles. The summed E-state index contributed by atoms with van der Waals surface area (Å²) in [7, 11) is 0. The van der Waals surface area contributed by atoms with Gasteiger partial charge in [0.2, 0.25) is 0 Å². The Kier molecular flexibility index (Phi) is 2.90. The average molecular weight is 268 g/mol. The number of Topliss-reactive ketones (excluding diaryl/α,β-unsaturated/α-hetero) is 1. The van der Waals surface area contributed by atoms with Crippen LogP contribution < -0.4 is 0 Å². The number of hydrogen-bond acceptors (Lipinski definition) is 2. The normalized spacial score (nSPS) is 13.9. The van der Waals surface area contributed by atoms with Gasteiger partial charge in [-0.1, -0.05) is 0 Å². The van der Waals surface area contributed by atoms with Crippen LogP contribution in [-0.2, 0) is 6.42 Å². The standard InChI is InChI=1S/C16H13FN2O/c1-10-7-12-14(3-2-4-16(12)20)19(10)15-6-5-11(9-18)8-13(15)17/h5-8H,2-4H2,1H3. The lowest BCUT2D eigenvalue weighted by atomic mass is 9.96. The van der Waals surface area contributed by atoms with Gasteiger partial charge in [0.1, 0.15) is 5.82 Å². The third kappa shape index (κ3) is 1.83. The van der Waals surface area contributed by atoms with Crippen LogP contribution in [0.4, 0.5) is 4.39 Å². The lowest BCUT2D eigenvalue weighted by molar-refractivity contribution is 0.0972. The second-order valence-corrected chi connectivity index (χ2v) is 5.04. The van der Waals surface area contributed by atoms with Gasteiger partial charge >= 0.3 is 0 Å². The molecule has 3 rings (SSSR count). The number of aryl methyl sites for hydroxylation is 1. The molecule has 1 aromatic heterocycles. The molecular weight excluding hydrogens is 255 g/mol. The Morgan fingerprint density at radius 1 is 1.30 bits per heavy atom. The zero-order valence-corrected chi connectivity index (χ0v) is 11.1. The van der Waals surface area contributed by atoms with E-state index in [1.54, 1.807) is 16.7 Å². The molecule has 20 heavy (non-hydrogen) atoms. The number of carbonyl (C=O) groups excluding carboxylic acids is 1. The van der Waals surface area contributed by atoms with Crippen molar-refractivity contribution in [2.24, 2.45) is 0 Å². The van der Waals surface area contributed by atoms with Gasteiger partial charge in [0.15, 0.2) is 5.78 Å². The molecule has 0 atom stereocenters. The van der Waals surface area contributed by atoms with Crippen molar-refractivity contribution in [3.05, 3.63) is 52.6 Å². The third-order valence-electron chi connectivity index (χ3n) is 3.72. The van der Waals surface area contributed by atoms with Gasteiger partial charge in [-0.25, -0.2) is 4.39 Å².